The minimum atomic E-state index is -0.672. The van der Waals surface area contributed by atoms with Crippen molar-refractivity contribution in [1.82, 2.24) is 10.4 Å². The maximum absolute atomic E-state index is 13.2. The van der Waals surface area contributed by atoms with Crippen LogP contribution >= 0.6 is 0 Å². The van der Waals surface area contributed by atoms with Crippen LogP contribution in [-0.4, -0.2) is 23.1 Å². The van der Waals surface area contributed by atoms with Gasteiger partial charge in [-0.1, -0.05) is 18.2 Å². The van der Waals surface area contributed by atoms with Crippen molar-refractivity contribution in [3.63, 3.8) is 0 Å². The minimum absolute atomic E-state index is 0.109. The van der Waals surface area contributed by atoms with E-state index in [2.05, 4.69) is 15.5 Å². The summed E-state index contributed by atoms with van der Waals surface area (Å²) in [6, 6.07) is 15.2. The largest absolute Gasteiger partial charge is 0.423 e. The Hall–Kier alpha value is -3.87. The highest BCUT2D eigenvalue weighted by atomic mass is 19.1. The van der Waals surface area contributed by atoms with Crippen LogP contribution in [-0.2, 0) is 0 Å². The molecule has 6 nitrogen and oxygen atoms in total. The SMILES string of the molecule is Cc1ccc(C(=O)NN=Cc2cccc(OC(=O)c3cccc(F)c3)c2)cn1. The first-order valence-corrected chi connectivity index (χ1v) is 8.35. The highest BCUT2D eigenvalue weighted by Gasteiger charge is 2.09. The van der Waals surface area contributed by atoms with Crippen LogP contribution in [0, 0.1) is 12.7 Å². The van der Waals surface area contributed by atoms with Crippen molar-refractivity contribution in [2.24, 2.45) is 5.10 Å². The van der Waals surface area contributed by atoms with Crippen LogP contribution < -0.4 is 10.2 Å². The fourth-order valence-electron chi connectivity index (χ4n) is 2.27. The summed E-state index contributed by atoms with van der Waals surface area (Å²) in [5.74, 6) is -1.31. The second kappa shape index (κ2) is 8.68. The van der Waals surface area contributed by atoms with Gasteiger partial charge in [-0.3, -0.25) is 9.78 Å². The van der Waals surface area contributed by atoms with Gasteiger partial charge in [0.05, 0.1) is 17.3 Å². The van der Waals surface area contributed by atoms with Gasteiger partial charge >= 0.3 is 5.97 Å². The Labute approximate surface area is 160 Å². The lowest BCUT2D eigenvalue weighted by Gasteiger charge is -2.05. The normalized spacial score (nSPS) is 10.6. The van der Waals surface area contributed by atoms with Crippen molar-refractivity contribution in [3.8, 4) is 5.75 Å². The van der Waals surface area contributed by atoms with E-state index in [4.69, 9.17) is 4.74 Å². The smallest absolute Gasteiger partial charge is 0.343 e. The van der Waals surface area contributed by atoms with Gasteiger partial charge in [0.15, 0.2) is 0 Å². The van der Waals surface area contributed by atoms with E-state index in [1.807, 2.05) is 6.92 Å². The fraction of sp³-hybridized carbons (Fsp3) is 0.0476. The Morgan fingerprint density at radius 3 is 2.64 bits per heavy atom. The average molecular weight is 377 g/mol. The Morgan fingerprint density at radius 1 is 1.07 bits per heavy atom. The molecule has 1 N–H and O–H groups in total. The summed E-state index contributed by atoms with van der Waals surface area (Å²) in [5, 5.41) is 3.89. The van der Waals surface area contributed by atoms with E-state index in [9.17, 15) is 14.0 Å². The molecule has 0 fully saturated rings. The summed E-state index contributed by atoms with van der Waals surface area (Å²) in [6.45, 7) is 1.83. The van der Waals surface area contributed by atoms with Gasteiger partial charge in [-0.15, -0.1) is 0 Å². The predicted molar refractivity (Wildman–Crippen MR) is 102 cm³/mol. The maximum Gasteiger partial charge on any atom is 0.343 e. The third kappa shape index (κ3) is 5.07. The Morgan fingerprint density at radius 2 is 1.89 bits per heavy atom. The molecule has 1 heterocycles. The number of aryl methyl sites for hydroxylation is 1. The zero-order chi connectivity index (χ0) is 19.9. The van der Waals surface area contributed by atoms with Gasteiger partial charge in [0.1, 0.15) is 11.6 Å². The molecule has 0 aliphatic rings. The molecule has 1 aromatic heterocycles. The minimum Gasteiger partial charge on any atom is -0.423 e. The number of nitrogens with zero attached hydrogens (tertiary/aromatic N) is 2. The molecule has 0 saturated heterocycles. The number of ether oxygens (including phenoxy) is 1. The van der Waals surface area contributed by atoms with Gasteiger partial charge in [0.25, 0.3) is 5.91 Å². The molecule has 140 valence electrons. The molecule has 28 heavy (non-hydrogen) atoms. The van der Waals surface area contributed by atoms with Crippen molar-refractivity contribution in [3.05, 3.63) is 95.1 Å². The van der Waals surface area contributed by atoms with Crippen LogP contribution in [0.5, 0.6) is 5.75 Å². The molecule has 0 radical (unpaired) electrons. The van der Waals surface area contributed by atoms with Crippen molar-refractivity contribution in [2.75, 3.05) is 0 Å². The molecule has 2 aromatic carbocycles. The van der Waals surface area contributed by atoms with E-state index < -0.39 is 17.7 Å². The number of halogens is 1. The number of rotatable bonds is 5. The summed E-state index contributed by atoms with van der Waals surface area (Å²) in [4.78, 5) is 28.1. The van der Waals surface area contributed by atoms with Gasteiger partial charge in [-0.05, 0) is 55.0 Å². The first-order valence-electron chi connectivity index (χ1n) is 8.35. The molecule has 0 saturated carbocycles. The van der Waals surface area contributed by atoms with Crippen molar-refractivity contribution in [2.45, 2.75) is 6.92 Å². The van der Waals surface area contributed by atoms with Gasteiger partial charge < -0.3 is 4.74 Å². The van der Waals surface area contributed by atoms with Crippen molar-refractivity contribution >= 4 is 18.1 Å². The molecule has 1 amide bonds. The molecule has 0 aliphatic carbocycles. The number of aromatic nitrogens is 1. The monoisotopic (exact) mass is 377 g/mol. The summed E-state index contributed by atoms with van der Waals surface area (Å²) >= 11 is 0. The number of amides is 1. The van der Waals surface area contributed by atoms with Gasteiger partial charge in [-0.2, -0.15) is 5.10 Å². The standard InChI is InChI=1S/C21H16FN3O3/c1-14-8-9-17(13-23-14)20(26)25-24-12-15-4-2-7-19(10-15)28-21(27)16-5-3-6-18(22)11-16/h2-13H,1H3,(H,25,26). The van der Waals surface area contributed by atoms with E-state index in [1.54, 1.807) is 36.4 Å². The lowest BCUT2D eigenvalue weighted by atomic mass is 10.2. The zero-order valence-electron chi connectivity index (χ0n) is 14.9. The molecule has 0 unspecified atom stereocenters. The van der Waals surface area contributed by atoms with E-state index >= 15 is 0 Å². The Bertz CT molecular complexity index is 1030. The number of esters is 1. The number of carbonyl (C=O) groups excluding carboxylic acids is 2. The second-order valence-electron chi connectivity index (χ2n) is 5.86. The lowest BCUT2D eigenvalue weighted by Crippen LogP contribution is -2.17. The first-order chi connectivity index (χ1) is 13.5. The topological polar surface area (TPSA) is 80.6 Å². The number of hydrogen-bond donors (Lipinski definition) is 1. The first kappa shape index (κ1) is 18.9. The number of nitrogens with one attached hydrogen (secondary N) is 1. The molecule has 7 heteroatoms. The number of hydrazone groups is 1. The third-order valence-corrected chi connectivity index (χ3v) is 3.68. The summed E-state index contributed by atoms with van der Waals surface area (Å²) < 4.78 is 18.5. The van der Waals surface area contributed by atoms with Crippen molar-refractivity contribution in [1.29, 1.82) is 0 Å². The Kier molecular flexibility index (Phi) is 5.86. The van der Waals surface area contributed by atoms with Gasteiger partial charge in [0, 0.05) is 11.9 Å². The molecule has 0 bridgehead atoms. The molecule has 0 aliphatic heterocycles. The number of hydrogen-bond acceptors (Lipinski definition) is 5. The molecule has 3 aromatic rings. The Balaban J connectivity index is 1.62. The molecular formula is C21H16FN3O3. The number of pyridine rings is 1. The molecule has 3 rings (SSSR count). The van der Waals surface area contributed by atoms with E-state index in [1.165, 1.54) is 30.6 Å². The lowest BCUT2D eigenvalue weighted by molar-refractivity contribution is 0.0734. The fourth-order valence-corrected chi connectivity index (χ4v) is 2.27. The summed E-state index contributed by atoms with van der Waals surface area (Å²) in [7, 11) is 0. The summed E-state index contributed by atoms with van der Waals surface area (Å²) in [5.41, 5.74) is 4.31. The van der Waals surface area contributed by atoms with E-state index in [0.717, 1.165) is 11.8 Å². The van der Waals surface area contributed by atoms with Crippen LogP contribution in [0.4, 0.5) is 4.39 Å². The van der Waals surface area contributed by atoms with Crippen LogP contribution in [0.3, 0.4) is 0 Å². The highest BCUT2D eigenvalue weighted by molar-refractivity contribution is 5.94. The van der Waals surface area contributed by atoms with Crippen molar-refractivity contribution < 1.29 is 18.7 Å². The molecule has 0 spiro atoms. The highest BCUT2D eigenvalue weighted by Crippen LogP contribution is 2.15. The van der Waals surface area contributed by atoms with E-state index in [0.29, 0.717) is 11.1 Å². The van der Waals surface area contributed by atoms with Gasteiger partial charge in [-0.25, -0.2) is 14.6 Å². The van der Waals surface area contributed by atoms with Gasteiger partial charge in [0.2, 0.25) is 0 Å². The van der Waals surface area contributed by atoms with Crippen LogP contribution in [0.25, 0.3) is 0 Å². The van der Waals surface area contributed by atoms with Crippen LogP contribution in [0.1, 0.15) is 32.0 Å². The zero-order valence-corrected chi connectivity index (χ0v) is 14.9. The number of carbonyl (C=O) groups is 2. The van der Waals surface area contributed by atoms with Crippen LogP contribution in [0.15, 0.2) is 72.0 Å². The molecule has 0 atom stereocenters. The summed E-state index contributed by atoms with van der Waals surface area (Å²) in [6.07, 6.45) is 2.88. The molecular weight excluding hydrogens is 361 g/mol. The second-order valence-corrected chi connectivity index (χ2v) is 5.86. The van der Waals surface area contributed by atoms with Crippen LogP contribution in [0.2, 0.25) is 0 Å². The maximum atomic E-state index is 13.2. The van der Waals surface area contributed by atoms with E-state index in [-0.39, 0.29) is 11.3 Å². The third-order valence-electron chi connectivity index (χ3n) is 3.68. The number of benzene rings is 2. The predicted octanol–water partition coefficient (Wildman–Crippen LogP) is 3.51. The quantitative estimate of drug-likeness (QED) is 0.319. The average Bonchev–Trinajstić information content (AvgIpc) is 2.69.